The lowest BCUT2D eigenvalue weighted by molar-refractivity contribution is -0.0149. The monoisotopic (exact) mass is 540 g/mol. The molecule has 4 atom stereocenters. The van der Waals surface area contributed by atoms with Crippen molar-refractivity contribution in [3.63, 3.8) is 0 Å². The molecule has 1 N–H and O–H groups in total. The quantitative estimate of drug-likeness (QED) is 0.597. The SMILES string of the molecule is C[C@@H]1CCCCO[C@@H](CN(C)C(=O)c2ccncc2)[C@@H](C)CN([C@H](C)CO)C(=O)c2cc(N(C)C)ccc2O1. The van der Waals surface area contributed by atoms with Crippen molar-refractivity contribution < 1.29 is 24.2 Å². The van der Waals surface area contributed by atoms with E-state index in [2.05, 4.69) is 4.98 Å². The summed E-state index contributed by atoms with van der Waals surface area (Å²) in [7, 11) is 5.63. The Labute approximate surface area is 232 Å². The number of ether oxygens (including phenoxy) is 2. The molecule has 3 rings (SSSR count). The molecule has 0 spiro atoms. The highest BCUT2D eigenvalue weighted by Gasteiger charge is 2.31. The zero-order valence-corrected chi connectivity index (χ0v) is 24.2. The fourth-order valence-corrected chi connectivity index (χ4v) is 4.72. The van der Waals surface area contributed by atoms with Crippen molar-refractivity contribution in [1.29, 1.82) is 0 Å². The van der Waals surface area contributed by atoms with Crippen molar-refractivity contribution in [2.45, 2.75) is 58.3 Å². The Morgan fingerprint density at radius 3 is 2.54 bits per heavy atom. The van der Waals surface area contributed by atoms with E-state index in [0.29, 0.717) is 36.6 Å². The third kappa shape index (κ3) is 8.16. The van der Waals surface area contributed by atoms with Gasteiger partial charge in [0, 0.05) is 70.4 Å². The number of carbonyl (C=O) groups is 2. The summed E-state index contributed by atoms with van der Waals surface area (Å²) in [4.78, 5) is 36.4. The number of nitrogens with zero attached hydrogens (tertiary/aromatic N) is 4. The molecule has 0 saturated heterocycles. The first-order valence-electron chi connectivity index (χ1n) is 13.8. The number of carbonyl (C=O) groups excluding carboxylic acids is 2. The summed E-state index contributed by atoms with van der Waals surface area (Å²) in [6.07, 6.45) is 5.43. The standard InChI is InChI=1S/C30H44N4O5/c1-21-18-34(22(2)20-35)30(37)26-17-25(32(4)5)10-11-27(26)39-23(3)9-7-8-16-38-28(21)19-33(6)29(36)24-12-14-31-15-13-24/h10-15,17,21-23,28,35H,7-9,16,18-20H2,1-6H3/t21-,22+,23+,28-/m0/s1. The van der Waals surface area contributed by atoms with E-state index in [1.807, 2.05) is 58.0 Å². The van der Waals surface area contributed by atoms with Gasteiger partial charge in [0.2, 0.25) is 0 Å². The van der Waals surface area contributed by atoms with Crippen molar-refractivity contribution in [3.8, 4) is 5.75 Å². The normalized spacial score (nSPS) is 21.8. The number of fused-ring (bicyclic) bond motifs is 1. The Bertz CT molecular complexity index is 1080. The summed E-state index contributed by atoms with van der Waals surface area (Å²) in [6, 6.07) is 8.64. The first kappa shape index (κ1) is 30.4. The molecule has 39 heavy (non-hydrogen) atoms. The highest BCUT2D eigenvalue weighted by Crippen LogP contribution is 2.29. The van der Waals surface area contributed by atoms with Crippen molar-refractivity contribution in [2.24, 2.45) is 5.92 Å². The van der Waals surface area contributed by atoms with Gasteiger partial charge < -0.3 is 29.3 Å². The van der Waals surface area contributed by atoms with Crippen LogP contribution < -0.4 is 9.64 Å². The molecule has 2 amide bonds. The van der Waals surface area contributed by atoms with Gasteiger partial charge in [-0.15, -0.1) is 0 Å². The molecule has 214 valence electrons. The second-order valence-electron chi connectivity index (χ2n) is 10.8. The predicted octanol–water partition coefficient (Wildman–Crippen LogP) is 3.72. The van der Waals surface area contributed by atoms with Gasteiger partial charge in [-0.3, -0.25) is 14.6 Å². The topological polar surface area (TPSA) is 95.4 Å². The number of rotatable bonds is 6. The Kier molecular flexibility index (Phi) is 11.1. The van der Waals surface area contributed by atoms with Crippen LogP contribution in [0.1, 0.15) is 60.7 Å². The molecule has 0 radical (unpaired) electrons. The van der Waals surface area contributed by atoms with E-state index in [-0.39, 0.29) is 36.5 Å². The number of aromatic nitrogens is 1. The third-order valence-electron chi connectivity index (χ3n) is 7.28. The summed E-state index contributed by atoms with van der Waals surface area (Å²) >= 11 is 0. The van der Waals surface area contributed by atoms with E-state index in [4.69, 9.17) is 9.47 Å². The van der Waals surface area contributed by atoms with E-state index in [1.165, 1.54) is 0 Å². The Morgan fingerprint density at radius 2 is 1.87 bits per heavy atom. The molecular weight excluding hydrogens is 496 g/mol. The van der Waals surface area contributed by atoms with Crippen LogP contribution in [-0.2, 0) is 4.74 Å². The van der Waals surface area contributed by atoms with Crippen LogP contribution in [0.4, 0.5) is 5.69 Å². The smallest absolute Gasteiger partial charge is 0.258 e. The van der Waals surface area contributed by atoms with E-state index >= 15 is 0 Å². The average molecular weight is 541 g/mol. The van der Waals surface area contributed by atoms with Gasteiger partial charge in [0.15, 0.2) is 0 Å². The van der Waals surface area contributed by atoms with Crippen LogP contribution in [-0.4, -0.2) is 97.4 Å². The van der Waals surface area contributed by atoms with Crippen molar-refractivity contribution in [2.75, 3.05) is 52.3 Å². The number of aliphatic hydroxyl groups is 1. The first-order chi connectivity index (χ1) is 18.6. The first-order valence-corrected chi connectivity index (χ1v) is 13.8. The maximum atomic E-state index is 14.1. The maximum Gasteiger partial charge on any atom is 0.258 e. The minimum Gasteiger partial charge on any atom is -0.490 e. The molecular formula is C30H44N4O5. The molecule has 0 aliphatic carbocycles. The van der Waals surface area contributed by atoms with Crippen LogP contribution in [0.5, 0.6) is 5.75 Å². The molecule has 1 aliphatic rings. The fraction of sp³-hybridized carbons (Fsp3) is 0.567. The van der Waals surface area contributed by atoms with Crippen molar-refractivity contribution in [3.05, 3.63) is 53.9 Å². The van der Waals surface area contributed by atoms with Crippen LogP contribution in [0, 0.1) is 5.92 Å². The lowest BCUT2D eigenvalue weighted by Crippen LogP contribution is -2.48. The number of amides is 2. The summed E-state index contributed by atoms with van der Waals surface area (Å²) < 4.78 is 12.6. The Balaban J connectivity index is 1.93. The molecule has 9 heteroatoms. The number of aliphatic hydroxyl groups excluding tert-OH is 1. The fourth-order valence-electron chi connectivity index (χ4n) is 4.72. The van der Waals surface area contributed by atoms with Gasteiger partial charge in [0.05, 0.1) is 30.4 Å². The van der Waals surface area contributed by atoms with E-state index in [0.717, 1.165) is 24.9 Å². The molecule has 9 nitrogen and oxygen atoms in total. The van der Waals surface area contributed by atoms with Gasteiger partial charge in [0.1, 0.15) is 5.75 Å². The van der Waals surface area contributed by atoms with Crippen LogP contribution in [0.2, 0.25) is 0 Å². The molecule has 2 aromatic rings. The molecule has 0 bridgehead atoms. The molecule has 1 aromatic carbocycles. The second-order valence-corrected chi connectivity index (χ2v) is 10.8. The number of hydrogen-bond acceptors (Lipinski definition) is 7. The number of pyridine rings is 1. The van der Waals surface area contributed by atoms with Crippen LogP contribution in [0.3, 0.4) is 0 Å². The third-order valence-corrected chi connectivity index (χ3v) is 7.28. The second kappa shape index (κ2) is 14.3. The highest BCUT2D eigenvalue weighted by molar-refractivity contribution is 5.98. The summed E-state index contributed by atoms with van der Waals surface area (Å²) in [6.45, 7) is 6.97. The Morgan fingerprint density at radius 1 is 1.15 bits per heavy atom. The zero-order valence-electron chi connectivity index (χ0n) is 24.2. The lowest BCUT2D eigenvalue weighted by atomic mass is 10.0. The minimum absolute atomic E-state index is 0.0766. The molecule has 1 aromatic heterocycles. The predicted molar refractivity (Wildman–Crippen MR) is 152 cm³/mol. The van der Waals surface area contributed by atoms with Gasteiger partial charge in [-0.2, -0.15) is 0 Å². The van der Waals surface area contributed by atoms with E-state index in [1.54, 1.807) is 41.4 Å². The van der Waals surface area contributed by atoms with Crippen LogP contribution in [0.25, 0.3) is 0 Å². The van der Waals surface area contributed by atoms with Gasteiger partial charge in [0.25, 0.3) is 11.8 Å². The summed E-state index contributed by atoms with van der Waals surface area (Å²) in [5.41, 5.74) is 1.93. The molecule has 0 fully saturated rings. The van der Waals surface area contributed by atoms with Gasteiger partial charge in [-0.1, -0.05) is 6.92 Å². The van der Waals surface area contributed by atoms with E-state index < -0.39 is 6.04 Å². The van der Waals surface area contributed by atoms with E-state index in [9.17, 15) is 14.7 Å². The van der Waals surface area contributed by atoms with Gasteiger partial charge in [-0.05, 0) is 63.4 Å². The summed E-state index contributed by atoms with van der Waals surface area (Å²) in [5, 5.41) is 10.1. The van der Waals surface area contributed by atoms with Crippen LogP contribution in [0.15, 0.2) is 42.7 Å². The average Bonchev–Trinajstić information content (AvgIpc) is 2.93. The number of likely N-dealkylation sites (N-methyl/N-ethyl adjacent to an activating group) is 1. The molecule has 0 unspecified atom stereocenters. The number of anilines is 1. The van der Waals surface area contributed by atoms with Gasteiger partial charge >= 0.3 is 0 Å². The maximum absolute atomic E-state index is 14.1. The van der Waals surface area contributed by atoms with Gasteiger partial charge in [-0.25, -0.2) is 0 Å². The minimum atomic E-state index is -0.419. The highest BCUT2D eigenvalue weighted by atomic mass is 16.5. The summed E-state index contributed by atoms with van der Waals surface area (Å²) in [5.74, 6) is 0.124. The molecule has 0 saturated carbocycles. The lowest BCUT2D eigenvalue weighted by Gasteiger charge is -2.36. The molecule has 2 heterocycles. The zero-order chi connectivity index (χ0) is 28.5. The Hall–Kier alpha value is -3.17. The van der Waals surface area contributed by atoms with Crippen LogP contribution >= 0.6 is 0 Å². The largest absolute Gasteiger partial charge is 0.490 e. The number of hydrogen-bond donors (Lipinski definition) is 1. The van der Waals surface area contributed by atoms with Crippen molar-refractivity contribution in [1.82, 2.24) is 14.8 Å². The number of benzene rings is 1. The molecule has 1 aliphatic heterocycles. The van der Waals surface area contributed by atoms with Crippen molar-refractivity contribution >= 4 is 17.5 Å².